The van der Waals surface area contributed by atoms with E-state index in [1.807, 2.05) is 19.2 Å². The van der Waals surface area contributed by atoms with Gasteiger partial charge in [-0.25, -0.2) is 0 Å². The van der Waals surface area contributed by atoms with Gasteiger partial charge in [0.05, 0.1) is 4.92 Å². The Balaban J connectivity index is 2.16. The first-order valence-corrected chi connectivity index (χ1v) is 6.11. The van der Waals surface area contributed by atoms with E-state index in [9.17, 15) is 10.1 Å². The van der Waals surface area contributed by atoms with Gasteiger partial charge in [-0.05, 0) is 38.2 Å². The first kappa shape index (κ1) is 13.3. The van der Waals surface area contributed by atoms with Crippen LogP contribution < -0.4 is 5.32 Å². The first-order chi connectivity index (χ1) is 9.10. The van der Waals surface area contributed by atoms with Gasteiger partial charge in [0, 0.05) is 30.2 Å². The van der Waals surface area contributed by atoms with Crippen LogP contribution in [-0.2, 0) is 6.42 Å². The standard InChI is InChI=1S/C14H16N2O3/c1-10(15-2)9-13-7-8-14(19-13)11-3-5-12(6-4-11)16(17)18/h3-8,10,15H,9H2,1-2H3. The molecule has 1 unspecified atom stereocenters. The van der Waals surface area contributed by atoms with Crippen LogP contribution in [0.3, 0.4) is 0 Å². The zero-order valence-corrected chi connectivity index (χ0v) is 10.9. The van der Waals surface area contributed by atoms with E-state index in [-0.39, 0.29) is 5.69 Å². The van der Waals surface area contributed by atoms with Crippen LogP contribution in [0.25, 0.3) is 11.3 Å². The van der Waals surface area contributed by atoms with Crippen molar-refractivity contribution >= 4 is 5.69 Å². The lowest BCUT2D eigenvalue weighted by molar-refractivity contribution is -0.384. The Bertz CT molecular complexity index is 560. The molecule has 0 aliphatic heterocycles. The molecular formula is C14H16N2O3. The van der Waals surface area contributed by atoms with Gasteiger partial charge in [0.25, 0.3) is 5.69 Å². The molecule has 1 atom stereocenters. The summed E-state index contributed by atoms with van der Waals surface area (Å²) in [5.41, 5.74) is 0.924. The Morgan fingerprint density at radius 3 is 2.53 bits per heavy atom. The van der Waals surface area contributed by atoms with Crippen LogP contribution in [0, 0.1) is 10.1 Å². The van der Waals surface area contributed by atoms with E-state index in [2.05, 4.69) is 12.2 Å². The van der Waals surface area contributed by atoms with Gasteiger partial charge in [-0.2, -0.15) is 0 Å². The minimum absolute atomic E-state index is 0.0827. The highest BCUT2D eigenvalue weighted by Crippen LogP contribution is 2.24. The summed E-state index contributed by atoms with van der Waals surface area (Å²) in [4.78, 5) is 10.2. The Hall–Kier alpha value is -2.14. The molecule has 19 heavy (non-hydrogen) atoms. The summed E-state index contributed by atoms with van der Waals surface area (Å²) < 4.78 is 5.73. The third kappa shape index (κ3) is 3.20. The maximum Gasteiger partial charge on any atom is 0.269 e. The molecule has 0 saturated carbocycles. The van der Waals surface area contributed by atoms with Crippen LogP contribution in [0.4, 0.5) is 5.69 Å². The van der Waals surface area contributed by atoms with Crippen molar-refractivity contribution in [1.82, 2.24) is 5.32 Å². The first-order valence-electron chi connectivity index (χ1n) is 6.11. The number of hydrogen-bond acceptors (Lipinski definition) is 4. The fourth-order valence-corrected chi connectivity index (χ4v) is 1.79. The summed E-state index contributed by atoms with van der Waals surface area (Å²) in [6.45, 7) is 2.08. The molecule has 0 saturated heterocycles. The Morgan fingerprint density at radius 1 is 1.26 bits per heavy atom. The predicted octanol–water partition coefficient (Wildman–Crippen LogP) is 3.01. The SMILES string of the molecule is CNC(C)Cc1ccc(-c2ccc([N+](=O)[O-])cc2)o1. The number of nitro groups is 1. The van der Waals surface area contributed by atoms with E-state index >= 15 is 0 Å². The van der Waals surface area contributed by atoms with E-state index in [4.69, 9.17) is 4.42 Å². The van der Waals surface area contributed by atoms with E-state index in [1.165, 1.54) is 12.1 Å². The minimum Gasteiger partial charge on any atom is -0.461 e. The molecule has 2 aromatic rings. The van der Waals surface area contributed by atoms with Gasteiger partial charge in [0.2, 0.25) is 0 Å². The van der Waals surface area contributed by atoms with Crippen LogP contribution in [0.15, 0.2) is 40.8 Å². The Labute approximate surface area is 111 Å². The lowest BCUT2D eigenvalue weighted by Crippen LogP contribution is -2.23. The molecule has 0 amide bonds. The topological polar surface area (TPSA) is 68.3 Å². The fraction of sp³-hybridized carbons (Fsp3) is 0.286. The van der Waals surface area contributed by atoms with Crippen LogP contribution in [0.2, 0.25) is 0 Å². The van der Waals surface area contributed by atoms with Crippen molar-refractivity contribution in [3.05, 3.63) is 52.3 Å². The largest absolute Gasteiger partial charge is 0.461 e. The van der Waals surface area contributed by atoms with Crippen molar-refractivity contribution in [2.45, 2.75) is 19.4 Å². The zero-order valence-electron chi connectivity index (χ0n) is 10.9. The molecule has 1 heterocycles. The quantitative estimate of drug-likeness (QED) is 0.662. The van der Waals surface area contributed by atoms with Crippen molar-refractivity contribution < 1.29 is 9.34 Å². The minimum atomic E-state index is -0.411. The van der Waals surface area contributed by atoms with E-state index in [0.717, 1.165) is 23.5 Å². The molecule has 1 aromatic heterocycles. The average Bonchev–Trinajstić information content (AvgIpc) is 2.87. The highest BCUT2D eigenvalue weighted by atomic mass is 16.6. The number of benzene rings is 1. The maximum atomic E-state index is 10.6. The van der Waals surface area contributed by atoms with Gasteiger partial charge < -0.3 is 9.73 Å². The Morgan fingerprint density at radius 2 is 1.95 bits per heavy atom. The summed E-state index contributed by atoms with van der Waals surface area (Å²) in [7, 11) is 1.91. The molecule has 0 aliphatic rings. The predicted molar refractivity (Wildman–Crippen MR) is 73.0 cm³/mol. The number of furan rings is 1. The number of likely N-dealkylation sites (N-methyl/N-ethyl adjacent to an activating group) is 1. The molecule has 0 spiro atoms. The van der Waals surface area contributed by atoms with Crippen molar-refractivity contribution in [2.24, 2.45) is 0 Å². The van der Waals surface area contributed by atoms with Gasteiger partial charge in [0.1, 0.15) is 11.5 Å². The molecule has 5 nitrogen and oxygen atoms in total. The number of nitro benzene ring substituents is 1. The number of rotatable bonds is 5. The smallest absolute Gasteiger partial charge is 0.269 e. The van der Waals surface area contributed by atoms with Gasteiger partial charge in [0.15, 0.2) is 0 Å². The summed E-state index contributed by atoms with van der Waals surface area (Å²) >= 11 is 0. The van der Waals surface area contributed by atoms with Gasteiger partial charge in [-0.3, -0.25) is 10.1 Å². The second-order valence-electron chi connectivity index (χ2n) is 4.46. The summed E-state index contributed by atoms with van der Waals surface area (Å²) in [6, 6.07) is 10.5. The Kier molecular flexibility index (Phi) is 3.97. The molecule has 1 aromatic carbocycles. The third-order valence-electron chi connectivity index (χ3n) is 3.02. The highest BCUT2D eigenvalue weighted by Gasteiger charge is 2.09. The lowest BCUT2D eigenvalue weighted by atomic mass is 10.1. The lowest BCUT2D eigenvalue weighted by Gasteiger charge is -2.06. The highest BCUT2D eigenvalue weighted by molar-refractivity contribution is 5.59. The number of nitrogens with zero attached hydrogens (tertiary/aromatic N) is 1. The molecule has 0 aliphatic carbocycles. The fourth-order valence-electron chi connectivity index (χ4n) is 1.79. The summed E-state index contributed by atoms with van der Waals surface area (Å²) in [5.74, 6) is 1.63. The monoisotopic (exact) mass is 260 g/mol. The molecule has 100 valence electrons. The number of hydrogen-bond donors (Lipinski definition) is 1. The number of non-ortho nitro benzene ring substituents is 1. The van der Waals surface area contributed by atoms with Gasteiger partial charge in [-0.15, -0.1) is 0 Å². The second-order valence-corrected chi connectivity index (χ2v) is 4.46. The van der Waals surface area contributed by atoms with E-state index in [1.54, 1.807) is 12.1 Å². The maximum absolute atomic E-state index is 10.6. The average molecular weight is 260 g/mol. The molecule has 0 bridgehead atoms. The van der Waals surface area contributed by atoms with Crippen LogP contribution in [0.5, 0.6) is 0 Å². The van der Waals surface area contributed by atoms with Crippen LogP contribution >= 0.6 is 0 Å². The van der Waals surface area contributed by atoms with Crippen molar-refractivity contribution in [1.29, 1.82) is 0 Å². The zero-order chi connectivity index (χ0) is 13.8. The summed E-state index contributed by atoms with van der Waals surface area (Å²) in [5, 5.41) is 13.7. The third-order valence-corrected chi connectivity index (χ3v) is 3.02. The molecule has 0 radical (unpaired) electrons. The molecular weight excluding hydrogens is 244 g/mol. The number of nitrogens with one attached hydrogen (secondary N) is 1. The van der Waals surface area contributed by atoms with E-state index < -0.39 is 4.92 Å². The van der Waals surface area contributed by atoms with E-state index in [0.29, 0.717) is 6.04 Å². The molecule has 2 rings (SSSR count). The van der Waals surface area contributed by atoms with Gasteiger partial charge >= 0.3 is 0 Å². The van der Waals surface area contributed by atoms with Crippen LogP contribution in [0.1, 0.15) is 12.7 Å². The molecule has 5 heteroatoms. The van der Waals surface area contributed by atoms with Crippen molar-refractivity contribution in [2.75, 3.05) is 7.05 Å². The van der Waals surface area contributed by atoms with Crippen LogP contribution in [-0.4, -0.2) is 18.0 Å². The van der Waals surface area contributed by atoms with Crippen molar-refractivity contribution in [3.8, 4) is 11.3 Å². The summed E-state index contributed by atoms with van der Waals surface area (Å²) in [6.07, 6.45) is 0.809. The second kappa shape index (κ2) is 5.67. The van der Waals surface area contributed by atoms with Gasteiger partial charge in [-0.1, -0.05) is 0 Å². The normalized spacial score (nSPS) is 12.3. The molecule has 0 fully saturated rings. The molecule has 1 N–H and O–H groups in total. The van der Waals surface area contributed by atoms with Crippen molar-refractivity contribution in [3.63, 3.8) is 0 Å².